The third kappa shape index (κ3) is 4.70. The fourth-order valence-electron chi connectivity index (χ4n) is 5.09. The summed E-state index contributed by atoms with van der Waals surface area (Å²) in [6.45, 7) is 3.17. The van der Waals surface area contributed by atoms with Gasteiger partial charge < -0.3 is 30.4 Å². The van der Waals surface area contributed by atoms with Crippen LogP contribution in [-0.4, -0.2) is 50.8 Å². The molecule has 4 atom stereocenters. The average molecular weight is 580 g/mol. The van der Waals surface area contributed by atoms with E-state index >= 15 is 0 Å². The summed E-state index contributed by atoms with van der Waals surface area (Å²) in [5.74, 6) is 0. The van der Waals surface area contributed by atoms with Gasteiger partial charge in [-0.25, -0.2) is 0 Å². The van der Waals surface area contributed by atoms with Gasteiger partial charge in [0.15, 0.2) is 0 Å². The molecule has 4 aliphatic heterocycles. The number of epoxide rings is 4. The van der Waals surface area contributed by atoms with Crippen molar-refractivity contribution >= 4 is 43.2 Å². The molecule has 8 heteroatoms. The van der Waals surface area contributed by atoms with Crippen molar-refractivity contribution in [2.75, 3.05) is 37.9 Å². The molecule has 0 aromatic heterocycles. The van der Waals surface area contributed by atoms with Gasteiger partial charge in [-0.3, -0.25) is 0 Å². The maximum absolute atomic E-state index is 6.75. The van der Waals surface area contributed by atoms with Crippen molar-refractivity contribution in [3.63, 3.8) is 0 Å². The van der Waals surface area contributed by atoms with Crippen LogP contribution in [0.2, 0.25) is 0 Å². The molecule has 0 saturated carbocycles. The Labute approximate surface area is 210 Å². The van der Waals surface area contributed by atoms with Crippen LogP contribution in [0.5, 0.6) is 0 Å². The smallest absolute Gasteiger partial charge is 0.0851 e. The molecule has 2 aromatic rings. The third-order valence-electron chi connectivity index (χ3n) is 7.16. The van der Waals surface area contributed by atoms with Crippen molar-refractivity contribution in [3.05, 3.63) is 55.5 Å². The molecule has 0 amide bonds. The standard InChI is InChI=1S/C25H28Br2N2O4/c26-22-5-14(28)1-2-20(22)25(7-17-11-32-17,8-18-12-33-18)21-4-13(3-15-9-30-15)24(29)19(23(21)27)6-16-10-31-16/h1-2,4-5,15-18H,3,6-12,28-29H2. The highest BCUT2D eigenvalue weighted by atomic mass is 79.9. The highest BCUT2D eigenvalue weighted by Crippen LogP contribution is 2.52. The second-order valence-corrected chi connectivity index (χ2v) is 11.4. The van der Waals surface area contributed by atoms with Crippen LogP contribution in [0.4, 0.5) is 11.4 Å². The summed E-state index contributed by atoms with van der Waals surface area (Å²) >= 11 is 7.84. The van der Waals surface area contributed by atoms with Crippen LogP contribution >= 0.6 is 31.9 Å². The van der Waals surface area contributed by atoms with E-state index in [1.54, 1.807) is 0 Å². The van der Waals surface area contributed by atoms with Crippen LogP contribution in [0, 0.1) is 0 Å². The van der Waals surface area contributed by atoms with E-state index in [2.05, 4.69) is 44.0 Å². The zero-order valence-corrected chi connectivity index (χ0v) is 21.5. The van der Waals surface area contributed by atoms with E-state index in [1.807, 2.05) is 12.1 Å². The molecule has 0 aliphatic carbocycles. The van der Waals surface area contributed by atoms with Crippen molar-refractivity contribution < 1.29 is 18.9 Å². The monoisotopic (exact) mass is 578 g/mol. The lowest BCUT2D eigenvalue weighted by molar-refractivity contribution is 0.298. The Morgan fingerprint density at radius 3 is 1.91 bits per heavy atom. The molecule has 0 spiro atoms. The minimum absolute atomic E-state index is 0.225. The summed E-state index contributed by atoms with van der Waals surface area (Å²) < 4.78 is 24.8. The highest BCUT2D eigenvalue weighted by molar-refractivity contribution is 9.11. The number of anilines is 2. The molecule has 6 nitrogen and oxygen atoms in total. The maximum atomic E-state index is 6.75. The van der Waals surface area contributed by atoms with Gasteiger partial charge in [-0.15, -0.1) is 0 Å². The first-order valence-electron chi connectivity index (χ1n) is 11.5. The lowest BCUT2D eigenvalue weighted by Crippen LogP contribution is -2.33. The molecule has 0 radical (unpaired) electrons. The van der Waals surface area contributed by atoms with Crippen molar-refractivity contribution in [3.8, 4) is 0 Å². The number of nitrogens with two attached hydrogens (primary N) is 2. The van der Waals surface area contributed by atoms with Crippen LogP contribution in [-0.2, 0) is 37.2 Å². The minimum Gasteiger partial charge on any atom is -0.399 e. The van der Waals surface area contributed by atoms with Crippen molar-refractivity contribution in [2.24, 2.45) is 0 Å². The SMILES string of the molecule is Nc1ccc(C(CC2CO2)(CC2CO2)c2cc(CC3CO3)c(N)c(CC3CO3)c2Br)c(Br)c1. The lowest BCUT2D eigenvalue weighted by atomic mass is 9.67. The van der Waals surface area contributed by atoms with E-state index in [0.717, 1.165) is 83.6 Å². The molecular formula is C25H28Br2N2O4. The lowest BCUT2D eigenvalue weighted by Gasteiger charge is -2.37. The molecule has 4 heterocycles. The average Bonchev–Trinajstić information content (AvgIpc) is 3.60. The summed E-state index contributed by atoms with van der Waals surface area (Å²) in [7, 11) is 0. The van der Waals surface area contributed by atoms with Gasteiger partial charge in [-0.1, -0.05) is 44.0 Å². The molecule has 4 N–H and O–H groups in total. The van der Waals surface area contributed by atoms with Crippen LogP contribution < -0.4 is 11.5 Å². The van der Waals surface area contributed by atoms with E-state index in [-0.39, 0.29) is 29.8 Å². The normalized spacial score (nSPS) is 28.9. The number of halogens is 2. The maximum Gasteiger partial charge on any atom is 0.0851 e. The number of nitrogen functional groups attached to an aromatic ring is 2. The van der Waals surface area contributed by atoms with Gasteiger partial charge >= 0.3 is 0 Å². The van der Waals surface area contributed by atoms with E-state index in [9.17, 15) is 0 Å². The van der Waals surface area contributed by atoms with Gasteiger partial charge in [-0.2, -0.15) is 0 Å². The van der Waals surface area contributed by atoms with Gasteiger partial charge in [-0.05, 0) is 47.2 Å². The molecule has 4 saturated heterocycles. The first-order chi connectivity index (χ1) is 15.9. The first kappa shape index (κ1) is 22.3. The van der Waals surface area contributed by atoms with Crippen molar-refractivity contribution in [1.82, 2.24) is 0 Å². The van der Waals surface area contributed by atoms with Gasteiger partial charge in [0.05, 0.1) is 50.8 Å². The molecule has 4 aliphatic rings. The molecule has 33 heavy (non-hydrogen) atoms. The summed E-state index contributed by atoms with van der Waals surface area (Å²) in [4.78, 5) is 0. The van der Waals surface area contributed by atoms with Crippen LogP contribution in [0.3, 0.4) is 0 Å². The summed E-state index contributed by atoms with van der Waals surface area (Å²) in [5.41, 5.74) is 18.9. The highest BCUT2D eigenvalue weighted by Gasteiger charge is 2.47. The molecule has 4 unspecified atom stereocenters. The van der Waals surface area contributed by atoms with Crippen molar-refractivity contribution in [2.45, 2.75) is 55.5 Å². The largest absolute Gasteiger partial charge is 0.399 e. The Balaban J connectivity index is 1.55. The van der Waals surface area contributed by atoms with Crippen LogP contribution in [0.15, 0.2) is 33.2 Å². The molecule has 176 valence electrons. The van der Waals surface area contributed by atoms with Crippen molar-refractivity contribution in [1.29, 1.82) is 0 Å². The second kappa shape index (κ2) is 8.50. The Kier molecular flexibility index (Phi) is 5.75. The van der Waals surface area contributed by atoms with Crippen LogP contribution in [0.1, 0.15) is 35.1 Å². The zero-order valence-electron chi connectivity index (χ0n) is 18.3. The Morgan fingerprint density at radius 2 is 1.36 bits per heavy atom. The number of benzene rings is 2. The van der Waals surface area contributed by atoms with Gasteiger partial charge in [0.25, 0.3) is 0 Å². The van der Waals surface area contributed by atoms with E-state index < -0.39 is 0 Å². The number of hydrogen-bond donors (Lipinski definition) is 2. The molecule has 0 bridgehead atoms. The number of rotatable bonds is 10. The fraction of sp³-hybridized carbons (Fsp3) is 0.520. The first-order valence-corrected chi connectivity index (χ1v) is 13.1. The summed E-state index contributed by atoms with van der Waals surface area (Å²) in [6.07, 6.45) is 4.31. The Morgan fingerprint density at radius 1 is 0.788 bits per heavy atom. The van der Waals surface area contributed by atoms with E-state index in [1.165, 1.54) is 11.1 Å². The topological polar surface area (TPSA) is 102 Å². The van der Waals surface area contributed by atoms with Gasteiger partial charge in [0.1, 0.15) is 0 Å². The predicted molar refractivity (Wildman–Crippen MR) is 133 cm³/mol. The molecule has 6 rings (SSSR count). The summed E-state index contributed by atoms with van der Waals surface area (Å²) in [6, 6.07) is 8.43. The number of ether oxygens (including phenoxy) is 4. The van der Waals surface area contributed by atoms with Gasteiger partial charge in [0, 0.05) is 38.6 Å². The zero-order chi connectivity index (χ0) is 22.7. The fourth-order valence-corrected chi connectivity index (χ4v) is 6.73. The predicted octanol–water partition coefficient (Wildman–Crippen LogP) is 4.12. The van der Waals surface area contributed by atoms with Crippen LogP contribution in [0.25, 0.3) is 0 Å². The molecule has 2 aromatic carbocycles. The van der Waals surface area contributed by atoms with E-state index in [4.69, 9.17) is 30.4 Å². The Bertz CT molecular complexity index is 1060. The molecule has 4 fully saturated rings. The van der Waals surface area contributed by atoms with E-state index in [0.29, 0.717) is 0 Å². The number of hydrogen-bond acceptors (Lipinski definition) is 6. The summed E-state index contributed by atoms with van der Waals surface area (Å²) in [5, 5.41) is 0. The minimum atomic E-state index is -0.320. The third-order valence-corrected chi connectivity index (χ3v) is 8.72. The Hall–Kier alpha value is -1.16. The molecular weight excluding hydrogens is 552 g/mol. The van der Waals surface area contributed by atoms with Gasteiger partial charge in [0.2, 0.25) is 0 Å². The quantitative estimate of drug-likeness (QED) is 0.324. The second-order valence-electron chi connectivity index (χ2n) is 9.75.